The summed E-state index contributed by atoms with van der Waals surface area (Å²) in [7, 11) is -2.81. The van der Waals surface area contributed by atoms with Crippen LogP contribution in [0, 0.1) is 6.92 Å². The number of sulfonamides is 1. The lowest BCUT2D eigenvalue weighted by molar-refractivity contribution is 0.0600. The average molecular weight is 497 g/mol. The Morgan fingerprint density at radius 2 is 1.91 bits per heavy atom. The highest BCUT2D eigenvalue weighted by atomic mass is 32.2. The molecule has 0 aliphatic carbocycles. The fourth-order valence-corrected chi connectivity index (χ4v) is 5.15. The Labute approximate surface area is 199 Å². The molecule has 0 fully saturated rings. The maximum Gasteiger partial charge on any atom is 0.337 e. The lowest BCUT2D eigenvalue weighted by atomic mass is 10.1. The lowest BCUT2D eigenvalue weighted by Gasteiger charge is -2.13. The first-order valence-corrected chi connectivity index (χ1v) is 12.4. The topological polar surface area (TPSA) is 127 Å². The molecule has 0 aliphatic heterocycles. The minimum Gasteiger partial charge on any atom is -0.465 e. The normalized spacial score (nSPS) is 11.2. The molecule has 0 unspecified atom stereocenters. The Balaban J connectivity index is 1.64. The molecule has 34 heavy (non-hydrogen) atoms. The number of nitrogens with one attached hydrogen (secondary N) is 2. The zero-order valence-electron chi connectivity index (χ0n) is 18.2. The van der Waals surface area contributed by atoms with Crippen LogP contribution in [0.5, 0.6) is 0 Å². The van der Waals surface area contributed by atoms with Crippen LogP contribution in [0.2, 0.25) is 0 Å². The third-order valence-corrected chi connectivity index (χ3v) is 7.04. The number of anilines is 1. The van der Waals surface area contributed by atoms with Crippen LogP contribution in [0.4, 0.5) is 5.69 Å². The highest BCUT2D eigenvalue weighted by Crippen LogP contribution is 2.25. The molecular weight excluding hydrogens is 476 g/mol. The van der Waals surface area contributed by atoms with Crippen LogP contribution in [-0.4, -0.2) is 37.4 Å². The van der Waals surface area contributed by atoms with Crippen molar-refractivity contribution in [3.63, 3.8) is 0 Å². The van der Waals surface area contributed by atoms with Gasteiger partial charge in [0.05, 0.1) is 28.9 Å². The van der Waals surface area contributed by atoms with Crippen molar-refractivity contribution in [3.8, 4) is 0 Å². The molecule has 0 aliphatic rings. The summed E-state index contributed by atoms with van der Waals surface area (Å²) in [6.45, 7) is 1.84. The monoisotopic (exact) mass is 496 g/mol. The summed E-state index contributed by atoms with van der Waals surface area (Å²) >= 11 is 1.36. The summed E-state index contributed by atoms with van der Waals surface area (Å²) < 4.78 is 33.7. The molecule has 2 aromatic heterocycles. The number of carbonyl (C=O) groups excluding carboxylic acids is 2. The van der Waals surface area contributed by atoms with E-state index in [0.717, 1.165) is 5.01 Å². The highest BCUT2D eigenvalue weighted by molar-refractivity contribution is 7.93. The van der Waals surface area contributed by atoms with Gasteiger partial charge in [0.1, 0.15) is 10.6 Å². The molecule has 0 atom stereocenters. The van der Waals surface area contributed by atoms with E-state index in [1.54, 1.807) is 36.6 Å². The molecule has 0 saturated carbocycles. The van der Waals surface area contributed by atoms with Gasteiger partial charge in [-0.15, -0.1) is 11.3 Å². The number of para-hydroxylation sites is 1. The molecule has 2 aromatic carbocycles. The van der Waals surface area contributed by atoms with E-state index in [9.17, 15) is 18.0 Å². The van der Waals surface area contributed by atoms with Crippen LogP contribution >= 0.6 is 11.3 Å². The number of nitrogens with zero attached hydrogens (tertiary/aromatic N) is 2. The molecule has 11 heteroatoms. The second-order valence-electron chi connectivity index (χ2n) is 7.28. The molecule has 4 rings (SSSR count). The number of fused-ring (bicyclic) bond motifs is 1. The van der Waals surface area contributed by atoms with Gasteiger partial charge in [-0.05, 0) is 42.8 Å². The minimum absolute atomic E-state index is 0.00262. The van der Waals surface area contributed by atoms with E-state index in [1.165, 1.54) is 48.9 Å². The first-order chi connectivity index (χ1) is 16.3. The molecule has 1 amide bonds. The SMILES string of the molecule is COC(=O)c1cc(CNC(=O)c2csc(C)n2)cc(NS(=O)(=O)c2cccc3cccnc23)c1. The fourth-order valence-electron chi connectivity index (χ4n) is 3.33. The number of hydrogen-bond donors (Lipinski definition) is 2. The fraction of sp³-hybridized carbons (Fsp3) is 0.130. The molecule has 0 spiro atoms. The van der Waals surface area contributed by atoms with Gasteiger partial charge in [0.25, 0.3) is 15.9 Å². The molecule has 0 bridgehead atoms. The van der Waals surface area contributed by atoms with E-state index in [0.29, 0.717) is 16.5 Å². The Hall–Kier alpha value is -3.83. The highest BCUT2D eigenvalue weighted by Gasteiger charge is 2.20. The first kappa shape index (κ1) is 23.3. The number of rotatable bonds is 7. The summed E-state index contributed by atoms with van der Waals surface area (Å²) in [5.41, 5.74) is 1.39. The van der Waals surface area contributed by atoms with Crippen molar-refractivity contribution < 1.29 is 22.7 Å². The molecule has 0 saturated heterocycles. The molecule has 2 heterocycles. The van der Waals surface area contributed by atoms with Crippen molar-refractivity contribution in [2.45, 2.75) is 18.4 Å². The summed E-state index contributed by atoms with van der Waals surface area (Å²) in [5.74, 6) is -1.02. The zero-order chi connectivity index (χ0) is 24.3. The third kappa shape index (κ3) is 5.05. The number of esters is 1. The van der Waals surface area contributed by atoms with E-state index in [1.807, 2.05) is 0 Å². The van der Waals surface area contributed by atoms with Crippen molar-refractivity contribution in [1.29, 1.82) is 0 Å². The van der Waals surface area contributed by atoms with Gasteiger partial charge >= 0.3 is 5.97 Å². The molecule has 174 valence electrons. The Bertz CT molecular complexity index is 1490. The van der Waals surface area contributed by atoms with Gasteiger partial charge in [-0.25, -0.2) is 18.2 Å². The largest absolute Gasteiger partial charge is 0.465 e. The Morgan fingerprint density at radius 1 is 1.12 bits per heavy atom. The van der Waals surface area contributed by atoms with Crippen molar-refractivity contribution in [2.24, 2.45) is 0 Å². The van der Waals surface area contributed by atoms with Gasteiger partial charge in [-0.1, -0.05) is 18.2 Å². The maximum atomic E-state index is 13.2. The van der Waals surface area contributed by atoms with Crippen LogP contribution in [-0.2, 0) is 21.3 Å². The first-order valence-electron chi connectivity index (χ1n) is 10.1. The Kier molecular flexibility index (Phi) is 6.57. The van der Waals surface area contributed by atoms with Crippen LogP contribution in [0.25, 0.3) is 10.9 Å². The van der Waals surface area contributed by atoms with Crippen molar-refractivity contribution >= 4 is 49.8 Å². The molecule has 9 nitrogen and oxygen atoms in total. The summed E-state index contributed by atoms with van der Waals surface area (Å²) in [5, 5.41) is 5.81. The van der Waals surface area contributed by atoms with Crippen LogP contribution in [0.3, 0.4) is 0 Å². The van der Waals surface area contributed by atoms with E-state index in [-0.39, 0.29) is 34.3 Å². The predicted molar refractivity (Wildman–Crippen MR) is 128 cm³/mol. The summed E-state index contributed by atoms with van der Waals surface area (Å²) in [4.78, 5) is 32.9. The van der Waals surface area contributed by atoms with E-state index < -0.39 is 16.0 Å². The number of carbonyl (C=O) groups is 2. The number of aryl methyl sites for hydroxylation is 1. The van der Waals surface area contributed by atoms with Crippen LogP contribution in [0.1, 0.15) is 31.4 Å². The maximum absolute atomic E-state index is 13.2. The second kappa shape index (κ2) is 9.57. The number of hydrogen-bond acceptors (Lipinski definition) is 8. The second-order valence-corrected chi connectivity index (χ2v) is 9.99. The predicted octanol–water partition coefficient (Wildman–Crippen LogP) is 3.52. The lowest BCUT2D eigenvalue weighted by Crippen LogP contribution is -2.23. The number of methoxy groups -OCH3 is 1. The summed E-state index contributed by atoms with van der Waals surface area (Å²) in [6, 6.07) is 12.8. The van der Waals surface area contributed by atoms with E-state index in [2.05, 4.69) is 20.0 Å². The number of aromatic nitrogens is 2. The number of benzene rings is 2. The Morgan fingerprint density at radius 3 is 2.65 bits per heavy atom. The molecular formula is C23H20N4O5S2. The van der Waals surface area contributed by atoms with E-state index >= 15 is 0 Å². The minimum atomic E-state index is -4.04. The van der Waals surface area contributed by atoms with Crippen molar-refractivity contribution in [1.82, 2.24) is 15.3 Å². The molecule has 4 aromatic rings. The number of amides is 1. The summed E-state index contributed by atoms with van der Waals surface area (Å²) in [6.07, 6.45) is 1.52. The van der Waals surface area contributed by atoms with Gasteiger partial charge in [-0.3, -0.25) is 14.5 Å². The van der Waals surface area contributed by atoms with Crippen molar-refractivity contribution in [3.05, 3.63) is 81.9 Å². The van der Waals surface area contributed by atoms with Gasteiger partial charge in [0.15, 0.2) is 0 Å². The number of ether oxygens (including phenoxy) is 1. The standard InChI is InChI=1S/C23H20N4O5S2/c1-14-26-19(13-33-14)22(28)25-12-15-9-17(23(29)32-2)11-18(10-15)27-34(30,31)20-7-3-5-16-6-4-8-24-21(16)20/h3-11,13,27H,12H2,1-2H3,(H,25,28). The van der Waals surface area contributed by atoms with Gasteiger partial charge in [0.2, 0.25) is 0 Å². The smallest absolute Gasteiger partial charge is 0.337 e. The van der Waals surface area contributed by atoms with Gasteiger partial charge in [-0.2, -0.15) is 0 Å². The quantitative estimate of drug-likeness (QED) is 0.375. The van der Waals surface area contributed by atoms with E-state index in [4.69, 9.17) is 4.74 Å². The van der Waals surface area contributed by atoms with Crippen LogP contribution < -0.4 is 10.0 Å². The number of pyridine rings is 1. The molecule has 2 N–H and O–H groups in total. The zero-order valence-corrected chi connectivity index (χ0v) is 19.9. The van der Waals surface area contributed by atoms with Crippen LogP contribution in [0.15, 0.2) is 65.0 Å². The average Bonchev–Trinajstić information content (AvgIpc) is 3.27. The molecule has 0 radical (unpaired) electrons. The van der Waals surface area contributed by atoms with Gasteiger partial charge < -0.3 is 10.1 Å². The third-order valence-electron chi connectivity index (χ3n) is 4.86. The van der Waals surface area contributed by atoms with Crippen molar-refractivity contribution in [2.75, 3.05) is 11.8 Å². The van der Waals surface area contributed by atoms with Gasteiger partial charge in [0, 0.05) is 23.5 Å². The number of thiazole rings is 1.